The van der Waals surface area contributed by atoms with Gasteiger partial charge in [0.15, 0.2) is 0 Å². The second kappa shape index (κ2) is 7.20. The van der Waals surface area contributed by atoms with E-state index >= 15 is 0 Å². The van der Waals surface area contributed by atoms with Crippen molar-refractivity contribution in [2.75, 3.05) is 0 Å². The number of benzene rings is 1. The van der Waals surface area contributed by atoms with Crippen LogP contribution in [0.3, 0.4) is 0 Å². The van der Waals surface area contributed by atoms with Gasteiger partial charge in [0.2, 0.25) is 0 Å². The fourth-order valence-electron chi connectivity index (χ4n) is 0.844. The fraction of sp³-hybridized carbons (Fsp3) is 0.125. The van der Waals surface area contributed by atoms with Crippen molar-refractivity contribution in [3.05, 3.63) is 34.8 Å². The van der Waals surface area contributed by atoms with Crippen LogP contribution < -0.4 is 5.73 Å². The summed E-state index contributed by atoms with van der Waals surface area (Å²) in [6.45, 7) is 1.83. The zero-order valence-electron chi connectivity index (χ0n) is 6.88. The quantitative estimate of drug-likeness (QED) is 0.708. The Balaban J connectivity index is 0.000000671. The molecule has 0 bridgehead atoms. The van der Waals surface area contributed by atoms with Crippen molar-refractivity contribution >= 4 is 15.9 Å². The molecule has 5 N–H and O–H groups in total. The molecular formula is C8H11BrCoN2O. The van der Waals surface area contributed by atoms with Gasteiger partial charge in [0.05, 0.1) is 4.47 Å². The number of rotatable bonds is 2. The van der Waals surface area contributed by atoms with Crippen molar-refractivity contribution in [2.24, 2.45) is 0 Å². The van der Waals surface area contributed by atoms with Crippen LogP contribution in [0.4, 0.5) is 0 Å². The Morgan fingerprint density at radius 1 is 1.54 bits per heavy atom. The Morgan fingerprint density at radius 2 is 2.15 bits per heavy atom. The van der Waals surface area contributed by atoms with E-state index in [9.17, 15) is 0 Å². The van der Waals surface area contributed by atoms with E-state index in [4.69, 9.17) is 9.52 Å². The summed E-state index contributed by atoms with van der Waals surface area (Å²) in [5, 5.41) is 9.14. The van der Waals surface area contributed by atoms with Gasteiger partial charge in [-0.15, -0.1) is 13.0 Å². The average molecular weight is 290 g/mol. The van der Waals surface area contributed by atoms with Crippen LogP contribution in [0.1, 0.15) is 5.56 Å². The number of phenols is 1. The molecule has 0 aromatic heterocycles. The predicted octanol–water partition coefficient (Wildman–Crippen LogP) is 1.40. The zero-order valence-corrected chi connectivity index (χ0v) is 9.51. The van der Waals surface area contributed by atoms with Crippen LogP contribution in [-0.2, 0) is 22.0 Å². The molecule has 0 unspecified atom stereocenters. The van der Waals surface area contributed by atoms with E-state index in [1.807, 2.05) is 18.7 Å². The second-order valence-electron chi connectivity index (χ2n) is 2.28. The molecule has 0 radical (unpaired) electrons. The molecule has 13 heavy (non-hydrogen) atoms. The molecule has 3 nitrogen and oxygen atoms in total. The van der Waals surface area contributed by atoms with Crippen molar-refractivity contribution in [1.29, 1.82) is 4.41 Å². The minimum atomic E-state index is 0.276. The molecule has 0 saturated heterocycles. The summed E-state index contributed by atoms with van der Waals surface area (Å²) >= 11 is 6.04. The molecule has 0 heterocycles. The molecule has 1 rings (SSSR count). The maximum absolute atomic E-state index is 9.14. The van der Waals surface area contributed by atoms with E-state index in [0.29, 0.717) is 0 Å². The van der Waals surface area contributed by atoms with E-state index in [0.717, 1.165) is 16.5 Å². The molecule has 0 amide bonds. The van der Waals surface area contributed by atoms with Gasteiger partial charge in [0.25, 0.3) is 0 Å². The van der Waals surface area contributed by atoms with Crippen molar-refractivity contribution in [2.45, 2.75) is 6.42 Å². The van der Waals surface area contributed by atoms with Crippen molar-refractivity contribution in [3.63, 3.8) is 0 Å². The van der Waals surface area contributed by atoms with Gasteiger partial charge in [-0.2, -0.15) is 0 Å². The number of aromatic hydroxyl groups is 1. The van der Waals surface area contributed by atoms with Crippen LogP contribution in [0.15, 0.2) is 22.7 Å². The van der Waals surface area contributed by atoms with Crippen LogP contribution in [0.2, 0.25) is 0 Å². The number of halogens is 1. The second-order valence-corrected chi connectivity index (χ2v) is 3.13. The molecule has 0 fully saturated rings. The first-order valence-corrected chi connectivity index (χ1v) is 4.80. The summed E-state index contributed by atoms with van der Waals surface area (Å²) in [7, 11) is 0. The summed E-state index contributed by atoms with van der Waals surface area (Å²) in [5.41, 5.74) is 4.77. The van der Waals surface area contributed by atoms with E-state index in [2.05, 4.69) is 37.2 Å². The number of hydrogen-bond acceptors (Lipinski definition) is 2. The number of quaternary nitrogens is 1. The summed E-state index contributed by atoms with van der Waals surface area (Å²) in [6.07, 6.45) is 0.832. The Labute approximate surface area is 93.6 Å². The molecule has 5 heteroatoms. The predicted molar refractivity (Wildman–Crippen MR) is 49.4 cm³/mol. The fourth-order valence-corrected chi connectivity index (χ4v) is 1.27. The van der Waals surface area contributed by atoms with Crippen LogP contribution >= 0.6 is 15.9 Å². The van der Waals surface area contributed by atoms with Gasteiger partial charge in [0, 0.05) is 0 Å². The normalized spacial score (nSPS) is 8.85. The molecule has 0 aliphatic heterocycles. The molecule has 1 aromatic rings. The standard InChI is InChI=1S/C8H10BrNO.Co.HN/c9-7-5-6(3-4-10)1-2-8(7)11;;/h1-2,4-5,11H,3H2,10H3;;1H. The molecule has 0 aliphatic rings. The van der Waals surface area contributed by atoms with Gasteiger partial charge in [-0.1, -0.05) is 11.6 Å². The van der Waals surface area contributed by atoms with Crippen LogP contribution in [0.5, 0.6) is 5.75 Å². The van der Waals surface area contributed by atoms with Gasteiger partial charge >= 0.3 is 20.0 Å². The Bertz CT molecular complexity index is 270. The van der Waals surface area contributed by atoms with Crippen molar-refractivity contribution < 1.29 is 26.4 Å². The average Bonchev–Trinajstić information content (AvgIpc) is 2.15. The van der Waals surface area contributed by atoms with Gasteiger partial charge in [-0.05, 0) is 28.1 Å². The van der Waals surface area contributed by atoms with Crippen LogP contribution in [0, 0.1) is 11.0 Å². The van der Waals surface area contributed by atoms with Gasteiger partial charge in [-0.25, -0.2) is 0 Å². The first-order chi connectivity index (χ1) is 6.24. The van der Waals surface area contributed by atoms with Crippen LogP contribution in [0.25, 0.3) is 0 Å². The summed E-state index contributed by atoms with van der Waals surface area (Å²) in [4.78, 5) is 0. The number of hydrogen-bond donors (Lipinski definition) is 3. The first kappa shape index (κ1) is 12.8. The van der Waals surface area contributed by atoms with E-state index < -0.39 is 0 Å². The molecule has 0 aliphatic carbocycles. The van der Waals surface area contributed by atoms with Gasteiger partial charge in [-0.3, -0.25) is 0 Å². The maximum atomic E-state index is 9.14. The van der Waals surface area contributed by atoms with E-state index in [-0.39, 0.29) is 5.75 Å². The summed E-state index contributed by atoms with van der Waals surface area (Å²) in [5.74, 6) is 0.276. The minimum absolute atomic E-state index is 0.276. The van der Waals surface area contributed by atoms with E-state index in [1.165, 1.54) is 0 Å². The van der Waals surface area contributed by atoms with Crippen LogP contribution in [-0.4, -0.2) is 5.11 Å². The molecular weight excluding hydrogens is 279 g/mol. The topological polar surface area (TPSA) is 71.7 Å². The Morgan fingerprint density at radius 3 is 2.62 bits per heavy atom. The summed E-state index contributed by atoms with van der Waals surface area (Å²) in [6, 6.07) is 5.43. The van der Waals surface area contributed by atoms with Crippen molar-refractivity contribution in [3.8, 4) is 5.75 Å². The van der Waals surface area contributed by atoms with Crippen molar-refractivity contribution in [1.82, 2.24) is 0 Å². The van der Waals surface area contributed by atoms with E-state index in [1.54, 1.807) is 6.07 Å². The Hall–Kier alpha value is -0.234. The third-order valence-corrected chi connectivity index (χ3v) is 2.03. The number of nitrogens with one attached hydrogen (secondary N) is 1. The third kappa shape index (κ3) is 4.51. The molecule has 0 spiro atoms. The molecule has 1 aromatic carbocycles. The Kier molecular flexibility index (Phi) is 7.07. The van der Waals surface area contributed by atoms with Gasteiger partial charge in [0.1, 0.15) is 5.75 Å². The zero-order chi connectivity index (χ0) is 10.3. The van der Waals surface area contributed by atoms with Gasteiger partial charge < -0.3 is 10.8 Å². The molecule has 0 saturated carbocycles. The third-order valence-electron chi connectivity index (χ3n) is 1.39. The monoisotopic (exact) mass is 289 g/mol. The SMILES string of the molecule is [NH3+][CH-]Cc1ccc(O)c(Br)c1.[NH]=[Co]. The number of phenolic OH excluding ortho intramolecular Hbond substituents is 1. The first-order valence-electron chi connectivity index (χ1n) is 3.49. The summed E-state index contributed by atoms with van der Waals surface area (Å²) < 4.78 is 6.17. The molecule has 75 valence electrons. The molecule has 0 atom stereocenters.